The van der Waals surface area contributed by atoms with Gasteiger partial charge in [-0.1, -0.05) is 61.2 Å². The zero-order valence-electron chi connectivity index (χ0n) is 24.3. The Bertz CT molecular complexity index is 1470. The van der Waals surface area contributed by atoms with E-state index in [0.29, 0.717) is 17.2 Å². The Labute approximate surface area is 253 Å². The monoisotopic (exact) mass is 611 g/mol. The molecule has 1 saturated carbocycles. The fourth-order valence-corrected chi connectivity index (χ4v) is 6.77. The van der Waals surface area contributed by atoms with Crippen LogP contribution in [0, 0.1) is 6.92 Å². The van der Waals surface area contributed by atoms with Crippen molar-refractivity contribution < 1.29 is 22.7 Å². The van der Waals surface area contributed by atoms with Gasteiger partial charge in [0.2, 0.25) is 11.8 Å². The van der Waals surface area contributed by atoms with Crippen LogP contribution in [0.3, 0.4) is 0 Å². The first kappa shape index (κ1) is 31.4. The van der Waals surface area contributed by atoms with Crippen LogP contribution < -0.4 is 14.4 Å². The number of aryl methyl sites for hydroxylation is 1. The number of hydrogen-bond donors (Lipinski definition) is 1. The van der Waals surface area contributed by atoms with Crippen molar-refractivity contribution in [3.8, 4) is 5.75 Å². The van der Waals surface area contributed by atoms with Crippen LogP contribution in [0.25, 0.3) is 0 Å². The van der Waals surface area contributed by atoms with E-state index in [1.54, 1.807) is 49.6 Å². The average molecular weight is 612 g/mol. The molecule has 3 aromatic rings. The Morgan fingerprint density at radius 3 is 2.31 bits per heavy atom. The number of carbonyl (C=O) groups is 2. The number of sulfonamides is 1. The van der Waals surface area contributed by atoms with Gasteiger partial charge in [-0.05, 0) is 80.3 Å². The first-order valence-corrected chi connectivity index (χ1v) is 16.0. The van der Waals surface area contributed by atoms with E-state index in [2.05, 4.69) is 5.32 Å². The number of hydrogen-bond acceptors (Lipinski definition) is 5. The van der Waals surface area contributed by atoms with Gasteiger partial charge in [0.15, 0.2) is 0 Å². The van der Waals surface area contributed by atoms with Gasteiger partial charge in [-0.15, -0.1) is 0 Å². The summed E-state index contributed by atoms with van der Waals surface area (Å²) in [6.07, 6.45) is 4.29. The summed E-state index contributed by atoms with van der Waals surface area (Å²) in [5, 5.41) is 3.56. The van der Waals surface area contributed by atoms with Crippen LogP contribution in [-0.4, -0.2) is 50.9 Å². The molecule has 1 unspecified atom stereocenters. The van der Waals surface area contributed by atoms with Crippen LogP contribution in [-0.2, 0) is 26.2 Å². The number of carbonyl (C=O) groups excluding carboxylic acids is 2. The molecule has 1 aliphatic rings. The highest BCUT2D eigenvalue weighted by molar-refractivity contribution is 7.92. The topological polar surface area (TPSA) is 96.0 Å². The number of benzene rings is 3. The summed E-state index contributed by atoms with van der Waals surface area (Å²) in [5.74, 6) is -0.120. The molecule has 8 nitrogen and oxygen atoms in total. The lowest BCUT2D eigenvalue weighted by Gasteiger charge is -2.34. The van der Waals surface area contributed by atoms with Crippen molar-refractivity contribution in [3.05, 3.63) is 88.9 Å². The van der Waals surface area contributed by atoms with Gasteiger partial charge in [0, 0.05) is 17.6 Å². The van der Waals surface area contributed by atoms with Crippen molar-refractivity contribution >= 4 is 39.1 Å². The first-order valence-electron chi connectivity index (χ1n) is 14.2. The van der Waals surface area contributed by atoms with Gasteiger partial charge >= 0.3 is 0 Å². The fraction of sp³-hybridized carbons (Fsp3) is 0.375. The van der Waals surface area contributed by atoms with Crippen molar-refractivity contribution in [1.29, 1.82) is 0 Å². The van der Waals surface area contributed by atoms with E-state index >= 15 is 0 Å². The highest BCUT2D eigenvalue weighted by Crippen LogP contribution is 2.27. The molecular weight excluding hydrogens is 574 g/mol. The Balaban J connectivity index is 1.71. The van der Waals surface area contributed by atoms with Crippen LogP contribution in [0.1, 0.15) is 50.2 Å². The standard InChI is InChI=1S/C32H38ClN3O5S/c1-4-30(32(38)34-26-9-5-6-10-26)35(21-24-8-7-11-28(20-24)41-3)31(37)22-36(27-16-14-25(33)15-17-27)42(39,40)29-18-12-23(2)13-19-29/h7-8,11-20,26,30H,4-6,9-10,21-22H2,1-3H3,(H,34,38). The Morgan fingerprint density at radius 2 is 1.69 bits per heavy atom. The molecule has 1 aliphatic carbocycles. The minimum atomic E-state index is -4.14. The third-order valence-corrected chi connectivity index (χ3v) is 9.62. The number of nitrogens with zero attached hydrogens (tertiary/aromatic N) is 2. The minimum absolute atomic E-state index is 0.0567. The average Bonchev–Trinajstić information content (AvgIpc) is 3.49. The van der Waals surface area contributed by atoms with Gasteiger partial charge in [-0.3, -0.25) is 13.9 Å². The molecule has 42 heavy (non-hydrogen) atoms. The van der Waals surface area contributed by atoms with E-state index in [-0.39, 0.29) is 29.1 Å². The number of rotatable bonds is 12. The van der Waals surface area contributed by atoms with Crippen LogP contribution in [0.5, 0.6) is 5.75 Å². The van der Waals surface area contributed by atoms with Gasteiger partial charge in [0.05, 0.1) is 17.7 Å². The molecule has 0 bridgehead atoms. The molecule has 4 rings (SSSR count). The van der Waals surface area contributed by atoms with Gasteiger partial charge in [0.1, 0.15) is 18.3 Å². The second kappa shape index (κ2) is 14.1. The Hall–Kier alpha value is -3.56. The normalized spacial score (nSPS) is 14.3. The van der Waals surface area contributed by atoms with Crippen LogP contribution in [0.15, 0.2) is 77.7 Å². The summed E-state index contributed by atoms with van der Waals surface area (Å²) in [7, 11) is -2.58. The fourth-order valence-electron chi connectivity index (χ4n) is 5.23. The summed E-state index contributed by atoms with van der Waals surface area (Å²) in [6, 6.07) is 19.3. The number of anilines is 1. The molecular formula is C32H38ClN3O5S. The quantitative estimate of drug-likeness (QED) is 0.283. The third-order valence-electron chi connectivity index (χ3n) is 7.58. The van der Waals surface area contributed by atoms with Crippen molar-refractivity contribution in [3.63, 3.8) is 0 Å². The van der Waals surface area contributed by atoms with Gasteiger partial charge in [-0.25, -0.2) is 8.42 Å². The number of halogens is 1. The zero-order chi connectivity index (χ0) is 30.3. The van der Waals surface area contributed by atoms with Crippen molar-refractivity contribution in [2.75, 3.05) is 18.0 Å². The first-order chi connectivity index (χ1) is 20.1. The van der Waals surface area contributed by atoms with Crippen LogP contribution in [0.4, 0.5) is 5.69 Å². The second-order valence-electron chi connectivity index (χ2n) is 10.6. The summed E-state index contributed by atoms with van der Waals surface area (Å²) < 4.78 is 34.4. The molecule has 2 amide bonds. The number of amides is 2. The van der Waals surface area contributed by atoms with Gasteiger partial charge in [0.25, 0.3) is 10.0 Å². The van der Waals surface area contributed by atoms with Gasteiger partial charge in [-0.2, -0.15) is 0 Å². The summed E-state index contributed by atoms with van der Waals surface area (Å²) in [6.45, 7) is 3.32. The molecule has 224 valence electrons. The van der Waals surface area contributed by atoms with Crippen LogP contribution in [0.2, 0.25) is 5.02 Å². The zero-order valence-corrected chi connectivity index (χ0v) is 25.8. The lowest BCUT2D eigenvalue weighted by atomic mass is 10.1. The summed E-state index contributed by atoms with van der Waals surface area (Å²) in [5.41, 5.74) is 1.96. The molecule has 0 heterocycles. The third kappa shape index (κ3) is 7.63. The maximum absolute atomic E-state index is 14.2. The number of ether oxygens (including phenoxy) is 1. The van der Waals surface area contributed by atoms with Crippen molar-refractivity contribution in [1.82, 2.24) is 10.2 Å². The minimum Gasteiger partial charge on any atom is -0.497 e. The predicted octanol–water partition coefficient (Wildman–Crippen LogP) is 5.72. The molecule has 1 N–H and O–H groups in total. The van der Waals surface area contributed by atoms with Gasteiger partial charge < -0.3 is 15.0 Å². The van der Waals surface area contributed by atoms with E-state index in [1.807, 2.05) is 32.0 Å². The highest BCUT2D eigenvalue weighted by Gasteiger charge is 2.34. The molecule has 0 aromatic heterocycles. The molecule has 0 radical (unpaired) electrons. The maximum Gasteiger partial charge on any atom is 0.264 e. The predicted molar refractivity (Wildman–Crippen MR) is 165 cm³/mol. The van der Waals surface area contributed by atoms with E-state index < -0.39 is 28.5 Å². The molecule has 3 aromatic carbocycles. The molecule has 1 fully saturated rings. The lowest BCUT2D eigenvalue weighted by molar-refractivity contribution is -0.140. The summed E-state index contributed by atoms with van der Waals surface area (Å²) in [4.78, 5) is 29.3. The second-order valence-corrected chi connectivity index (χ2v) is 12.9. The number of methoxy groups -OCH3 is 1. The van der Waals surface area contributed by atoms with Crippen molar-refractivity contribution in [2.45, 2.75) is 69.5 Å². The molecule has 10 heteroatoms. The molecule has 1 atom stereocenters. The smallest absolute Gasteiger partial charge is 0.264 e. The Kier molecular flexibility index (Phi) is 10.5. The van der Waals surface area contributed by atoms with E-state index in [4.69, 9.17) is 16.3 Å². The molecule has 0 spiro atoms. The van der Waals surface area contributed by atoms with Crippen LogP contribution >= 0.6 is 11.6 Å². The summed E-state index contributed by atoms with van der Waals surface area (Å²) >= 11 is 6.10. The maximum atomic E-state index is 14.2. The van der Waals surface area contributed by atoms with E-state index in [1.165, 1.54) is 17.0 Å². The molecule has 0 saturated heterocycles. The van der Waals surface area contributed by atoms with E-state index in [9.17, 15) is 18.0 Å². The largest absolute Gasteiger partial charge is 0.497 e. The molecule has 0 aliphatic heterocycles. The lowest BCUT2D eigenvalue weighted by Crippen LogP contribution is -2.53. The SMILES string of the molecule is CCC(C(=O)NC1CCCC1)N(Cc1cccc(OC)c1)C(=O)CN(c1ccc(Cl)cc1)S(=O)(=O)c1ccc(C)cc1. The highest BCUT2D eigenvalue weighted by atomic mass is 35.5. The Morgan fingerprint density at radius 1 is 1.02 bits per heavy atom. The van der Waals surface area contributed by atoms with Crippen molar-refractivity contribution in [2.24, 2.45) is 0 Å². The van der Waals surface area contributed by atoms with E-state index in [0.717, 1.165) is 41.1 Å². The number of nitrogens with one attached hydrogen (secondary N) is 1.